The molecule has 252 valence electrons. The maximum atomic E-state index is 14.0. The number of piperidine rings is 2. The number of likely N-dealkylation sites (tertiary alicyclic amines) is 2. The van der Waals surface area contributed by atoms with Crippen LogP contribution in [-0.2, 0) is 9.53 Å². The second kappa shape index (κ2) is 15.6. The number of hydrogen-bond donors (Lipinski definition) is 1. The number of nitrogens with zero attached hydrogens (tertiary/aromatic N) is 4. The molecule has 0 radical (unpaired) electrons. The summed E-state index contributed by atoms with van der Waals surface area (Å²) in [6, 6.07) is 3.52. The minimum absolute atomic E-state index is 0.0561. The Balaban J connectivity index is 0.000000591. The molecule has 4 fully saturated rings. The van der Waals surface area contributed by atoms with Gasteiger partial charge in [-0.05, 0) is 50.2 Å². The molecule has 1 atom stereocenters. The van der Waals surface area contributed by atoms with E-state index in [9.17, 15) is 27.2 Å². The minimum atomic E-state index is -5.08. The SMILES string of the molecule is CCCCC1CN(CC2CCCCC2)C(=O)OC12CCN(C1CCN(C(=O)c3cccnc3F)CC1)CC2.O=C(O)C(F)(F)F. The molecule has 0 aromatic carbocycles. The summed E-state index contributed by atoms with van der Waals surface area (Å²) in [6.07, 6.45) is 9.60. The van der Waals surface area contributed by atoms with E-state index in [0.717, 1.165) is 64.7 Å². The van der Waals surface area contributed by atoms with Crippen molar-refractivity contribution in [3.63, 3.8) is 0 Å². The first-order chi connectivity index (χ1) is 21.4. The number of alkyl halides is 3. The molecule has 1 aromatic rings. The minimum Gasteiger partial charge on any atom is -0.475 e. The average molecular weight is 643 g/mol. The topological polar surface area (TPSA) is 103 Å². The number of hydrogen-bond acceptors (Lipinski definition) is 6. The van der Waals surface area contributed by atoms with E-state index in [4.69, 9.17) is 14.6 Å². The maximum Gasteiger partial charge on any atom is 0.490 e. The van der Waals surface area contributed by atoms with E-state index >= 15 is 0 Å². The number of ether oxygens (including phenoxy) is 1. The van der Waals surface area contributed by atoms with Crippen LogP contribution in [0.3, 0.4) is 0 Å². The molecule has 4 heterocycles. The number of carboxylic acids is 1. The molecule has 3 aliphatic heterocycles. The molecule has 1 aromatic heterocycles. The molecular formula is C32H46F4N4O5. The van der Waals surface area contributed by atoms with Crippen LogP contribution in [0.5, 0.6) is 0 Å². The van der Waals surface area contributed by atoms with Gasteiger partial charge in [-0.3, -0.25) is 9.69 Å². The summed E-state index contributed by atoms with van der Waals surface area (Å²) >= 11 is 0. The Labute approximate surface area is 262 Å². The van der Waals surface area contributed by atoms with Crippen molar-refractivity contribution in [1.29, 1.82) is 0 Å². The fourth-order valence-corrected chi connectivity index (χ4v) is 7.39. The highest BCUT2D eigenvalue weighted by atomic mass is 19.4. The van der Waals surface area contributed by atoms with Crippen molar-refractivity contribution >= 4 is 18.0 Å². The van der Waals surface area contributed by atoms with Crippen LogP contribution in [0.15, 0.2) is 18.3 Å². The molecule has 1 spiro atoms. The number of aliphatic carboxylic acids is 1. The van der Waals surface area contributed by atoms with E-state index in [0.29, 0.717) is 31.0 Å². The predicted octanol–water partition coefficient (Wildman–Crippen LogP) is 6.13. The van der Waals surface area contributed by atoms with Crippen LogP contribution >= 0.6 is 0 Å². The molecule has 13 heteroatoms. The van der Waals surface area contributed by atoms with Gasteiger partial charge in [0.15, 0.2) is 0 Å². The molecule has 1 N–H and O–H groups in total. The highest BCUT2D eigenvalue weighted by Crippen LogP contribution is 2.42. The molecule has 5 rings (SSSR count). The lowest BCUT2D eigenvalue weighted by Crippen LogP contribution is -2.61. The normalized spacial score (nSPS) is 23.3. The first-order valence-corrected chi connectivity index (χ1v) is 16.4. The molecular weight excluding hydrogens is 596 g/mol. The van der Waals surface area contributed by atoms with Gasteiger partial charge in [-0.1, -0.05) is 39.0 Å². The van der Waals surface area contributed by atoms with Crippen molar-refractivity contribution in [2.24, 2.45) is 11.8 Å². The van der Waals surface area contributed by atoms with Crippen LogP contribution < -0.4 is 0 Å². The molecule has 45 heavy (non-hydrogen) atoms. The first kappa shape index (κ1) is 34.9. The second-order valence-corrected chi connectivity index (χ2v) is 12.9. The number of carbonyl (C=O) groups is 3. The van der Waals surface area contributed by atoms with Crippen molar-refractivity contribution in [1.82, 2.24) is 19.7 Å². The van der Waals surface area contributed by atoms with Crippen molar-refractivity contribution in [2.75, 3.05) is 39.3 Å². The monoisotopic (exact) mass is 642 g/mol. The summed E-state index contributed by atoms with van der Waals surface area (Å²) in [5.74, 6) is -2.69. The van der Waals surface area contributed by atoms with Crippen LogP contribution in [0.4, 0.5) is 22.4 Å². The van der Waals surface area contributed by atoms with Gasteiger partial charge in [-0.15, -0.1) is 0 Å². The molecule has 1 unspecified atom stereocenters. The molecule has 2 amide bonds. The van der Waals surface area contributed by atoms with E-state index in [1.807, 2.05) is 4.90 Å². The Hall–Kier alpha value is -2.96. The van der Waals surface area contributed by atoms with Crippen molar-refractivity contribution < 1.29 is 41.8 Å². The Morgan fingerprint density at radius 1 is 1.07 bits per heavy atom. The van der Waals surface area contributed by atoms with E-state index in [2.05, 4.69) is 16.8 Å². The number of halogens is 4. The Morgan fingerprint density at radius 3 is 2.29 bits per heavy atom. The molecule has 1 saturated carbocycles. The molecule has 4 aliphatic rings. The van der Waals surface area contributed by atoms with Gasteiger partial charge in [-0.2, -0.15) is 17.6 Å². The third-order valence-electron chi connectivity index (χ3n) is 9.99. The Morgan fingerprint density at radius 2 is 1.71 bits per heavy atom. The standard InChI is InChI=1S/C30H45FN4O3.C2HF3O2/c1-2-3-10-24-22-35(21-23-8-5-4-6-9-23)29(37)38-30(24)14-19-33(20-15-30)25-12-17-34(18-13-25)28(36)26-11-7-16-32-27(26)31;3-2(4,5)1(6)7/h7,11,16,23-25H,2-6,8-10,12-15,17-22H2,1H3;(H,6,7). The van der Waals surface area contributed by atoms with E-state index < -0.39 is 18.1 Å². The van der Waals surface area contributed by atoms with Crippen LogP contribution in [0.2, 0.25) is 0 Å². The smallest absolute Gasteiger partial charge is 0.475 e. The van der Waals surface area contributed by atoms with Crippen LogP contribution in [0, 0.1) is 17.8 Å². The third-order valence-corrected chi connectivity index (χ3v) is 9.99. The summed E-state index contributed by atoms with van der Waals surface area (Å²) < 4.78 is 52.1. The molecule has 3 saturated heterocycles. The van der Waals surface area contributed by atoms with Gasteiger partial charge >= 0.3 is 18.2 Å². The first-order valence-electron chi connectivity index (χ1n) is 16.4. The van der Waals surface area contributed by atoms with Gasteiger partial charge in [0.1, 0.15) is 5.60 Å². The van der Waals surface area contributed by atoms with Crippen molar-refractivity contribution in [3.8, 4) is 0 Å². The summed E-state index contributed by atoms with van der Waals surface area (Å²) in [7, 11) is 0. The van der Waals surface area contributed by atoms with Gasteiger partial charge < -0.3 is 19.6 Å². The lowest BCUT2D eigenvalue weighted by atomic mass is 9.75. The maximum absolute atomic E-state index is 14.0. The highest BCUT2D eigenvalue weighted by Gasteiger charge is 2.50. The van der Waals surface area contributed by atoms with Crippen molar-refractivity contribution in [2.45, 2.75) is 102 Å². The third kappa shape index (κ3) is 9.07. The quantitative estimate of drug-likeness (QED) is 0.282. The zero-order valence-electron chi connectivity index (χ0n) is 26.1. The van der Waals surface area contributed by atoms with E-state index in [-0.39, 0.29) is 23.2 Å². The largest absolute Gasteiger partial charge is 0.490 e. The number of carboxylic acid groups (broad SMARTS) is 1. The number of rotatable bonds is 7. The van der Waals surface area contributed by atoms with Gasteiger partial charge in [0.25, 0.3) is 5.91 Å². The average Bonchev–Trinajstić information content (AvgIpc) is 3.02. The Kier molecular flexibility index (Phi) is 12.1. The Bertz CT molecular complexity index is 1150. The van der Waals surface area contributed by atoms with Crippen LogP contribution in [-0.4, -0.2) is 99.8 Å². The summed E-state index contributed by atoms with van der Waals surface area (Å²) in [5, 5.41) is 7.12. The lowest BCUT2D eigenvalue weighted by Gasteiger charge is -2.52. The van der Waals surface area contributed by atoms with Crippen molar-refractivity contribution in [3.05, 3.63) is 29.8 Å². The van der Waals surface area contributed by atoms with Gasteiger partial charge in [-0.25, -0.2) is 14.6 Å². The number of pyridine rings is 1. The van der Waals surface area contributed by atoms with Gasteiger partial charge in [0.05, 0.1) is 5.56 Å². The highest BCUT2D eigenvalue weighted by molar-refractivity contribution is 5.94. The predicted molar refractivity (Wildman–Crippen MR) is 158 cm³/mol. The molecule has 0 bridgehead atoms. The summed E-state index contributed by atoms with van der Waals surface area (Å²) in [4.78, 5) is 44.8. The van der Waals surface area contributed by atoms with E-state index in [1.165, 1.54) is 50.8 Å². The fraction of sp³-hybridized carbons (Fsp3) is 0.750. The number of unbranched alkanes of at least 4 members (excludes halogenated alkanes) is 1. The van der Waals surface area contributed by atoms with Gasteiger partial charge in [0.2, 0.25) is 5.95 Å². The van der Waals surface area contributed by atoms with Crippen LogP contribution in [0.25, 0.3) is 0 Å². The summed E-state index contributed by atoms with van der Waals surface area (Å²) in [5.41, 5.74) is -0.277. The zero-order valence-corrected chi connectivity index (χ0v) is 26.1. The van der Waals surface area contributed by atoms with E-state index in [1.54, 1.807) is 11.0 Å². The number of aromatic nitrogens is 1. The number of carbonyl (C=O) groups excluding carboxylic acids is 2. The summed E-state index contributed by atoms with van der Waals surface area (Å²) in [6.45, 7) is 7.06. The second-order valence-electron chi connectivity index (χ2n) is 12.9. The number of amides is 2. The zero-order chi connectivity index (χ0) is 32.6. The van der Waals surface area contributed by atoms with Crippen LogP contribution in [0.1, 0.15) is 94.3 Å². The molecule has 9 nitrogen and oxygen atoms in total. The fourth-order valence-electron chi connectivity index (χ4n) is 7.39. The van der Waals surface area contributed by atoms with Gasteiger partial charge in [0, 0.05) is 70.3 Å². The lowest BCUT2D eigenvalue weighted by molar-refractivity contribution is -0.192. The molecule has 1 aliphatic carbocycles.